The van der Waals surface area contributed by atoms with Crippen LogP contribution >= 0.6 is 0 Å². The molecule has 1 atom stereocenters. The molecule has 0 heterocycles. The average Bonchev–Trinajstić information content (AvgIpc) is 2.60. The van der Waals surface area contributed by atoms with Crippen LogP contribution in [0.25, 0.3) is 0 Å². The number of unbranched alkanes of at least 4 members (excludes halogenated alkanes) is 3. The van der Waals surface area contributed by atoms with E-state index in [1.807, 2.05) is 7.05 Å². The van der Waals surface area contributed by atoms with Gasteiger partial charge in [0.05, 0.1) is 0 Å². The molecular formula is C22H48N2O3Si. The third kappa shape index (κ3) is 12.8. The lowest BCUT2D eigenvalue weighted by Gasteiger charge is -2.36. The van der Waals surface area contributed by atoms with Gasteiger partial charge in [0, 0.05) is 19.7 Å². The zero-order valence-corrected chi connectivity index (χ0v) is 21.0. The van der Waals surface area contributed by atoms with Gasteiger partial charge >= 0.3 is 6.09 Å². The molecule has 1 amide bonds. The van der Waals surface area contributed by atoms with E-state index in [9.17, 15) is 4.79 Å². The number of nitrogens with one attached hydrogen (secondary N) is 1. The SMILES string of the molecule is CCCCCCC(CCCO[Si](C)(C)C(C)(C)C)OC(=O)NCCN(C)CC. The Labute approximate surface area is 176 Å². The van der Waals surface area contributed by atoms with Gasteiger partial charge in [-0.3, -0.25) is 0 Å². The number of nitrogens with zero attached hydrogens (tertiary/aromatic N) is 1. The first-order chi connectivity index (χ1) is 13.0. The molecule has 0 aliphatic rings. The fraction of sp³-hybridized carbons (Fsp3) is 0.955. The molecule has 0 spiro atoms. The lowest BCUT2D eigenvalue weighted by molar-refractivity contribution is 0.0808. The molecule has 6 heteroatoms. The molecule has 1 N–H and O–H groups in total. The monoisotopic (exact) mass is 416 g/mol. The Morgan fingerprint density at radius 3 is 2.29 bits per heavy atom. The zero-order valence-electron chi connectivity index (χ0n) is 20.0. The van der Waals surface area contributed by atoms with E-state index >= 15 is 0 Å². The molecule has 0 fully saturated rings. The summed E-state index contributed by atoms with van der Waals surface area (Å²) in [6.07, 6.45) is 7.27. The predicted molar refractivity (Wildman–Crippen MR) is 123 cm³/mol. The molecule has 0 radical (unpaired) electrons. The van der Waals surface area contributed by atoms with Crippen molar-refractivity contribution in [3.05, 3.63) is 0 Å². The Hall–Kier alpha value is -0.593. The maximum absolute atomic E-state index is 12.2. The van der Waals surface area contributed by atoms with Crippen LogP contribution in [-0.4, -0.2) is 58.7 Å². The highest BCUT2D eigenvalue weighted by Gasteiger charge is 2.36. The second kappa shape index (κ2) is 14.4. The Kier molecular flexibility index (Phi) is 14.1. The van der Waals surface area contributed by atoms with Crippen molar-refractivity contribution in [1.29, 1.82) is 0 Å². The van der Waals surface area contributed by atoms with Crippen LogP contribution in [0.1, 0.15) is 79.6 Å². The minimum absolute atomic E-state index is 0.0104. The van der Waals surface area contributed by atoms with Crippen molar-refractivity contribution in [3.63, 3.8) is 0 Å². The van der Waals surface area contributed by atoms with E-state index in [0.717, 1.165) is 45.4 Å². The third-order valence-corrected chi connectivity index (χ3v) is 10.4. The number of hydrogen-bond donors (Lipinski definition) is 1. The van der Waals surface area contributed by atoms with Crippen LogP contribution in [0.4, 0.5) is 4.79 Å². The molecule has 1 unspecified atom stereocenters. The highest BCUT2D eigenvalue weighted by atomic mass is 28.4. The summed E-state index contributed by atoms with van der Waals surface area (Å²) in [5.41, 5.74) is 0. The first-order valence-electron chi connectivity index (χ1n) is 11.3. The molecule has 5 nitrogen and oxygen atoms in total. The maximum atomic E-state index is 12.2. The van der Waals surface area contributed by atoms with Crippen LogP contribution in [0, 0.1) is 0 Å². The summed E-state index contributed by atoms with van der Waals surface area (Å²) >= 11 is 0. The van der Waals surface area contributed by atoms with Gasteiger partial charge in [0.2, 0.25) is 0 Å². The molecule has 168 valence electrons. The summed E-state index contributed by atoms with van der Waals surface area (Å²) in [6.45, 7) is 18.9. The third-order valence-electron chi connectivity index (χ3n) is 5.90. The number of amides is 1. The van der Waals surface area contributed by atoms with E-state index in [0.29, 0.717) is 6.54 Å². The van der Waals surface area contributed by atoms with Gasteiger partial charge < -0.3 is 19.4 Å². The van der Waals surface area contributed by atoms with Crippen molar-refractivity contribution in [3.8, 4) is 0 Å². The molecule has 0 aliphatic carbocycles. The smallest absolute Gasteiger partial charge is 0.407 e. The zero-order chi connectivity index (χ0) is 21.6. The maximum Gasteiger partial charge on any atom is 0.407 e. The van der Waals surface area contributed by atoms with E-state index in [-0.39, 0.29) is 17.2 Å². The van der Waals surface area contributed by atoms with Crippen molar-refractivity contribution < 1.29 is 14.0 Å². The second-order valence-corrected chi connectivity index (χ2v) is 14.3. The molecule has 0 aliphatic heterocycles. The number of carbonyl (C=O) groups excluding carboxylic acids is 1. The first-order valence-corrected chi connectivity index (χ1v) is 14.2. The largest absolute Gasteiger partial charge is 0.446 e. The number of carbonyl (C=O) groups is 1. The van der Waals surface area contributed by atoms with Crippen molar-refractivity contribution in [2.45, 2.75) is 104 Å². The van der Waals surface area contributed by atoms with Gasteiger partial charge in [0.25, 0.3) is 0 Å². The van der Waals surface area contributed by atoms with Crippen molar-refractivity contribution in [1.82, 2.24) is 10.2 Å². The first kappa shape index (κ1) is 27.4. The number of rotatable bonds is 15. The van der Waals surface area contributed by atoms with E-state index < -0.39 is 8.32 Å². The van der Waals surface area contributed by atoms with Crippen LogP contribution < -0.4 is 5.32 Å². The lowest BCUT2D eigenvalue weighted by atomic mass is 10.1. The standard InChI is InChI=1S/C22H48N2O3Si/c1-9-11-12-13-15-20(27-21(25)23-17-18-24(6)10-2)16-14-19-26-28(7,8)22(3,4)5/h20H,9-19H2,1-8H3,(H,23,25). The van der Waals surface area contributed by atoms with E-state index in [2.05, 4.69) is 57.9 Å². The van der Waals surface area contributed by atoms with Gasteiger partial charge in [-0.25, -0.2) is 4.79 Å². The van der Waals surface area contributed by atoms with E-state index in [1.165, 1.54) is 19.3 Å². The van der Waals surface area contributed by atoms with Crippen LogP contribution in [-0.2, 0) is 9.16 Å². The van der Waals surface area contributed by atoms with Crippen LogP contribution in [0.2, 0.25) is 18.1 Å². The van der Waals surface area contributed by atoms with Crippen LogP contribution in [0.5, 0.6) is 0 Å². The Bertz CT molecular complexity index is 411. The minimum Gasteiger partial charge on any atom is -0.446 e. The number of hydrogen-bond acceptors (Lipinski definition) is 4. The Morgan fingerprint density at radius 1 is 1.07 bits per heavy atom. The van der Waals surface area contributed by atoms with Gasteiger partial charge in [-0.1, -0.05) is 53.9 Å². The normalized spacial score (nSPS) is 13.6. The van der Waals surface area contributed by atoms with E-state index in [1.54, 1.807) is 0 Å². The number of ether oxygens (including phenoxy) is 1. The summed E-state index contributed by atoms with van der Waals surface area (Å²) in [4.78, 5) is 14.3. The minimum atomic E-state index is -1.70. The van der Waals surface area contributed by atoms with Gasteiger partial charge in [-0.05, 0) is 57.4 Å². The van der Waals surface area contributed by atoms with Gasteiger partial charge in [-0.15, -0.1) is 0 Å². The number of likely N-dealkylation sites (N-methyl/N-ethyl adjacent to an activating group) is 1. The Balaban J connectivity index is 4.37. The quantitative estimate of drug-likeness (QED) is 0.270. The van der Waals surface area contributed by atoms with Crippen molar-refractivity contribution >= 4 is 14.4 Å². The molecule has 0 aromatic rings. The molecule has 0 rings (SSSR count). The van der Waals surface area contributed by atoms with Crippen LogP contribution in [0.15, 0.2) is 0 Å². The summed E-state index contributed by atoms with van der Waals surface area (Å²) in [5, 5.41) is 3.12. The summed E-state index contributed by atoms with van der Waals surface area (Å²) in [6, 6.07) is 0. The second-order valence-electron chi connectivity index (χ2n) is 9.45. The fourth-order valence-corrected chi connectivity index (χ4v) is 3.70. The van der Waals surface area contributed by atoms with Crippen molar-refractivity contribution in [2.24, 2.45) is 0 Å². The Morgan fingerprint density at radius 2 is 1.71 bits per heavy atom. The summed E-state index contributed by atoms with van der Waals surface area (Å²) in [7, 11) is 0.346. The predicted octanol–water partition coefficient (Wildman–Crippen LogP) is 5.81. The molecule has 0 saturated carbocycles. The van der Waals surface area contributed by atoms with Crippen molar-refractivity contribution in [2.75, 3.05) is 33.3 Å². The summed E-state index contributed by atoms with van der Waals surface area (Å²) in [5.74, 6) is 0. The highest BCUT2D eigenvalue weighted by molar-refractivity contribution is 6.74. The average molecular weight is 417 g/mol. The lowest BCUT2D eigenvalue weighted by Crippen LogP contribution is -2.41. The number of alkyl carbamates (subject to hydrolysis) is 1. The highest BCUT2D eigenvalue weighted by Crippen LogP contribution is 2.36. The van der Waals surface area contributed by atoms with Gasteiger partial charge in [0.1, 0.15) is 6.10 Å². The summed E-state index contributed by atoms with van der Waals surface area (Å²) < 4.78 is 12.0. The van der Waals surface area contributed by atoms with Crippen LogP contribution in [0.3, 0.4) is 0 Å². The van der Waals surface area contributed by atoms with Gasteiger partial charge in [0.15, 0.2) is 8.32 Å². The fourth-order valence-electron chi connectivity index (χ4n) is 2.62. The van der Waals surface area contributed by atoms with Gasteiger partial charge in [-0.2, -0.15) is 0 Å². The van der Waals surface area contributed by atoms with E-state index in [4.69, 9.17) is 9.16 Å². The topological polar surface area (TPSA) is 50.8 Å². The molecule has 28 heavy (non-hydrogen) atoms. The molecule has 0 aromatic carbocycles. The molecule has 0 saturated heterocycles. The molecular weight excluding hydrogens is 368 g/mol. The molecule has 0 bridgehead atoms. The molecule has 0 aromatic heterocycles.